The van der Waals surface area contributed by atoms with Crippen LogP contribution in [0.1, 0.15) is 32.1 Å². The quantitative estimate of drug-likeness (QED) is 0.405. The van der Waals surface area contributed by atoms with Gasteiger partial charge in [0.15, 0.2) is 0 Å². The Hall–Kier alpha value is -2.42. The summed E-state index contributed by atoms with van der Waals surface area (Å²) in [4.78, 5) is 36.1. The number of hydrogen-bond acceptors (Lipinski definition) is 5. The fraction of sp³-hybridized carbons (Fsp3) is 0.500. The topological polar surface area (TPSA) is 125 Å². The Kier molecular flexibility index (Phi) is 8.06. The molecule has 2 aliphatic heterocycles. The number of carboxylic acid groups (broad SMARTS) is 1. The standard InChI is InChI=1S/C22H27ClN2O6/c23-13-6-8-14(9-7-13)24-21(29)16(12-26)25-22(30)20-15(17-10-11-18(20)31-17)4-2-1-3-5-19(27)28/h1-2,6-9,15-18,20,26H,3-5,10-12H2,(H,24,29)(H,25,30)(H,27,28)/t15-,16?,17-,18?,20?/m0/s1. The third-order valence-electron chi connectivity index (χ3n) is 5.75. The molecule has 168 valence electrons. The molecule has 0 aliphatic carbocycles. The number of halogens is 1. The Balaban J connectivity index is 1.58. The van der Waals surface area contributed by atoms with Gasteiger partial charge in [-0.1, -0.05) is 23.8 Å². The molecule has 4 N–H and O–H groups in total. The minimum Gasteiger partial charge on any atom is -0.481 e. The number of ether oxygens (including phenoxy) is 1. The number of benzene rings is 1. The Morgan fingerprint density at radius 1 is 1.16 bits per heavy atom. The third kappa shape index (κ3) is 6.06. The van der Waals surface area contributed by atoms with Gasteiger partial charge in [-0.3, -0.25) is 14.4 Å². The smallest absolute Gasteiger partial charge is 0.303 e. The maximum absolute atomic E-state index is 13.0. The minimum atomic E-state index is -1.09. The summed E-state index contributed by atoms with van der Waals surface area (Å²) < 4.78 is 5.93. The molecule has 8 nitrogen and oxygen atoms in total. The van der Waals surface area contributed by atoms with Gasteiger partial charge in [-0.15, -0.1) is 0 Å². The molecule has 2 aliphatic rings. The fourth-order valence-corrected chi connectivity index (χ4v) is 4.37. The van der Waals surface area contributed by atoms with E-state index in [1.54, 1.807) is 24.3 Å². The Labute approximate surface area is 185 Å². The molecular formula is C22H27ClN2O6. The zero-order valence-corrected chi connectivity index (χ0v) is 17.8. The number of allylic oxidation sites excluding steroid dienone is 2. The third-order valence-corrected chi connectivity index (χ3v) is 6.01. The highest BCUT2D eigenvalue weighted by Crippen LogP contribution is 2.45. The van der Waals surface area contributed by atoms with E-state index in [0.717, 1.165) is 12.8 Å². The molecule has 0 aromatic heterocycles. The molecule has 1 aromatic rings. The molecule has 3 rings (SSSR count). The van der Waals surface area contributed by atoms with Crippen molar-refractivity contribution in [3.63, 3.8) is 0 Å². The molecule has 0 radical (unpaired) electrons. The van der Waals surface area contributed by atoms with E-state index in [9.17, 15) is 19.5 Å². The van der Waals surface area contributed by atoms with Crippen LogP contribution < -0.4 is 10.6 Å². The summed E-state index contributed by atoms with van der Waals surface area (Å²) in [5.41, 5.74) is 0.509. The maximum atomic E-state index is 13.0. The van der Waals surface area contributed by atoms with Gasteiger partial charge in [-0.05, 0) is 49.9 Å². The van der Waals surface area contributed by atoms with Gasteiger partial charge in [0.2, 0.25) is 11.8 Å². The van der Waals surface area contributed by atoms with E-state index in [-0.39, 0.29) is 30.5 Å². The summed E-state index contributed by atoms with van der Waals surface area (Å²) in [5, 5.41) is 24.2. The van der Waals surface area contributed by atoms with Crippen molar-refractivity contribution in [1.82, 2.24) is 5.32 Å². The van der Waals surface area contributed by atoms with Crippen LogP contribution in [0.3, 0.4) is 0 Å². The van der Waals surface area contributed by atoms with Crippen LogP contribution in [0.5, 0.6) is 0 Å². The lowest BCUT2D eigenvalue weighted by molar-refractivity contribution is -0.137. The normalized spacial score (nSPS) is 25.5. The highest BCUT2D eigenvalue weighted by atomic mass is 35.5. The molecular weight excluding hydrogens is 424 g/mol. The molecule has 9 heteroatoms. The lowest BCUT2D eigenvalue weighted by Gasteiger charge is -2.28. The molecule has 31 heavy (non-hydrogen) atoms. The van der Waals surface area contributed by atoms with Gasteiger partial charge in [-0.2, -0.15) is 0 Å². The lowest BCUT2D eigenvalue weighted by Crippen LogP contribution is -2.51. The van der Waals surface area contributed by atoms with E-state index in [1.807, 2.05) is 12.2 Å². The first-order valence-electron chi connectivity index (χ1n) is 10.4. The van der Waals surface area contributed by atoms with E-state index in [1.165, 1.54) is 0 Å². The molecule has 3 unspecified atom stereocenters. The van der Waals surface area contributed by atoms with Crippen molar-refractivity contribution in [2.24, 2.45) is 11.8 Å². The van der Waals surface area contributed by atoms with Crippen molar-refractivity contribution in [1.29, 1.82) is 0 Å². The monoisotopic (exact) mass is 450 g/mol. The summed E-state index contributed by atoms with van der Waals surface area (Å²) >= 11 is 5.84. The van der Waals surface area contributed by atoms with Crippen LogP contribution in [0.2, 0.25) is 5.02 Å². The number of aliphatic carboxylic acids is 1. The second kappa shape index (κ2) is 10.7. The SMILES string of the molecule is O=C(O)CCC=CC[C@@H]1C(C(=O)NC(CO)C(=O)Nc2ccc(Cl)cc2)C2CC[C@@H]1O2. The molecule has 5 atom stereocenters. The molecule has 2 heterocycles. The number of carbonyl (C=O) groups excluding carboxylic acids is 2. The van der Waals surface area contributed by atoms with Gasteiger partial charge in [0.05, 0.1) is 24.7 Å². The van der Waals surface area contributed by atoms with Gasteiger partial charge in [-0.25, -0.2) is 0 Å². The number of amides is 2. The van der Waals surface area contributed by atoms with Gasteiger partial charge in [0, 0.05) is 23.0 Å². The van der Waals surface area contributed by atoms with Crippen LogP contribution in [0.25, 0.3) is 0 Å². The largest absolute Gasteiger partial charge is 0.481 e. The van der Waals surface area contributed by atoms with Crippen molar-refractivity contribution in [3.8, 4) is 0 Å². The first-order valence-corrected chi connectivity index (χ1v) is 10.8. The molecule has 2 amide bonds. The first kappa shape index (κ1) is 23.2. The maximum Gasteiger partial charge on any atom is 0.303 e. The van der Waals surface area contributed by atoms with Gasteiger partial charge in [0.25, 0.3) is 0 Å². The number of anilines is 1. The molecule has 0 spiro atoms. The van der Waals surface area contributed by atoms with Crippen LogP contribution in [0, 0.1) is 11.8 Å². The van der Waals surface area contributed by atoms with Crippen molar-refractivity contribution < 1.29 is 29.3 Å². The fourth-order valence-electron chi connectivity index (χ4n) is 4.24. The Morgan fingerprint density at radius 2 is 1.87 bits per heavy atom. The molecule has 2 fully saturated rings. The number of nitrogens with one attached hydrogen (secondary N) is 2. The number of carboxylic acids is 1. The summed E-state index contributed by atoms with van der Waals surface area (Å²) in [6, 6.07) is 5.43. The van der Waals surface area contributed by atoms with E-state index in [2.05, 4.69) is 10.6 Å². The van der Waals surface area contributed by atoms with Crippen molar-refractivity contribution >= 4 is 35.1 Å². The molecule has 2 saturated heterocycles. The average Bonchev–Trinajstić information content (AvgIpc) is 3.34. The minimum absolute atomic E-state index is 0.0275. The number of rotatable bonds is 10. The summed E-state index contributed by atoms with van der Waals surface area (Å²) in [6.45, 7) is -0.535. The molecule has 1 aromatic carbocycles. The van der Waals surface area contributed by atoms with E-state index in [4.69, 9.17) is 21.4 Å². The highest BCUT2D eigenvalue weighted by Gasteiger charge is 2.51. The second-order valence-corrected chi connectivity index (χ2v) is 8.30. The Morgan fingerprint density at radius 3 is 2.55 bits per heavy atom. The van der Waals surface area contributed by atoms with E-state index < -0.39 is 30.4 Å². The molecule has 0 saturated carbocycles. The Bertz CT molecular complexity index is 828. The van der Waals surface area contributed by atoms with Crippen LogP contribution in [-0.4, -0.2) is 52.9 Å². The van der Waals surface area contributed by atoms with Crippen LogP contribution >= 0.6 is 11.6 Å². The van der Waals surface area contributed by atoms with Crippen molar-refractivity contribution in [2.75, 3.05) is 11.9 Å². The van der Waals surface area contributed by atoms with Crippen LogP contribution in [-0.2, 0) is 19.1 Å². The van der Waals surface area contributed by atoms with Crippen molar-refractivity contribution in [2.45, 2.75) is 50.4 Å². The number of fused-ring (bicyclic) bond motifs is 2. The number of aliphatic hydroxyl groups is 1. The second-order valence-electron chi connectivity index (χ2n) is 7.86. The zero-order valence-electron chi connectivity index (χ0n) is 17.0. The number of carbonyl (C=O) groups is 3. The lowest BCUT2D eigenvalue weighted by atomic mass is 9.77. The molecule has 2 bridgehead atoms. The van der Waals surface area contributed by atoms with E-state index >= 15 is 0 Å². The first-order chi connectivity index (χ1) is 14.9. The predicted octanol–water partition coefficient (Wildman–Crippen LogP) is 2.36. The summed E-state index contributed by atoms with van der Waals surface area (Å²) in [6.07, 6.45) is 6.23. The number of aliphatic hydroxyl groups excluding tert-OH is 1. The average molecular weight is 451 g/mol. The van der Waals surface area contributed by atoms with Crippen LogP contribution in [0.4, 0.5) is 5.69 Å². The summed E-state index contributed by atoms with van der Waals surface area (Å²) in [5.74, 6) is -2.15. The highest BCUT2D eigenvalue weighted by molar-refractivity contribution is 6.30. The van der Waals surface area contributed by atoms with Crippen molar-refractivity contribution in [3.05, 3.63) is 41.4 Å². The predicted molar refractivity (Wildman–Crippen MR) is 115 cm³/mol. The van der Waals surface area contributed by atoms with Gasteiger partial charge in [0.1, 0.15) is 6.04 Å². The van der Waals surface area contributed by atoms with E-state index in [0.29, 0.717) is 23.6 Å². The number of hydrogen-bond donors (Lipinski definition) is 4. The van der Waals surface area contributed by atoms with Crippen LogP contribution in [0.15, 0.2) is 36.4 Å². The van der Waals surface area contributed by atoms with Gasteiger partial charge >= 0.3 is 5.97 Å². The zero-order chi connectivity index (χ0) is 22.4. The van der Waals surface area contributed by atoms with Gasteiger partial charge < -0.3 is 25.6 Å². The summed E-state index contributed by atoms with van der Waals surface area (Å²) in [7, 11) is 0.